The van der Waals surface area contributed by atoms with Crippen molar-refractivity contribution in [3.63, 3.8) is 0 Å². The molecule has 9 heteroatoms. The summed E-state index contributed by atoms with van der Waals surface area (Å²) in [6.07, 6.45) is 8.90. The van der Waals surface area contributed by atoms with Gasteiger partial charge in [0, 0.05) is 36.3 Å². The Labute approximate surface area is 272 Å². The molecule has 2 saturated heterocycles. The third-order valence-electron chi connectivity index (χ3n) is 10.6. The maximum atomic E-state index is 13.3. The third kappa shape index (κ3) is 6.95. The smallest absolute Gasteiger partial charge is 0.271 e. The Kier molecular flexibility index (Phi) is 8.91. The van der Waals surface area contributed by atoms with Gasteiger partial charge in [0.05, 0.1) is 11.8 Å². The van der Waals surface area contributed by atoms with Gasteiger partial charge in [-0.3, -0.25) is 9.59 Å². The van der Waals surface area contributed by atoms with E-state index in [9.17, 15) is 14.7 Å². The van der Waals surface area contributed by atoms with Crippen molar-refractivity contribution in [3.05, 3.63) is 77.1 Å². The zero-order chi connectivity index (χ0) is 32.6. The molecule has 244 valence electrons. The quantitative estimate of drug-likeness (QED) is 0.237. The normalized spacial score (nSPS) is 22.0. The Morgan fingerprint density at radius 1 is 1.02 bits per heavy atom. The number of Topliss-reactive ketones (excluding diaryl/α,β-unsaturated/α-hetero) is 1. The number of rotatable bonds is 10. The number of carbonyl (C=O) groups is 2. The average Bonchev–Trinajstić information content (AvgIpc) is 3.88. The van der Waals surface area contributed by atoms with Crippen LogP contribution in [0.2, 0.25) is 0 Å². The molecule has 0 spiro atoms. The Bertz CT molecular complexity index is 1550. The number of nitrogens with two attached hydrogens (primary N) is 1. The van der Waals surface area contributed by atoms with Gasteiger partial charge in [0.1, 0.15) is 5.82 Å². The van der Waals surface area contributed by atoms with Crippen molar-refractivity contribution in [1.82, 2.24) is 14.9 Å². The average molecular weight is 625 g/mol. The maximum Gasteiger partial charge on any atom is 0.271 e. The molecule has 0 bridgehead atoms. The lowest BCUT2D eigenvalue weighted by atomic mass is 9.74. The van der Waals surface area contributed by atoms with Gasteiger partial charge in [-0.2, -0.15) is 0 Å². The van der Waals surface area contributed by atoms with Crippen molar-refractivity contribution in [1.29, 1.82) is 0 Å². The molecule has 2 aliphatic heterocycles. The van der Waals surface area contributed by atoms with Crippen LogP contribution in [0.5, 0.6) is 0 Å². The van der Waals surface area contributed by atoms with Crippen LogP contribution < -0.4 is 16.0 Å². The lowest BCUT2D eigenvalue weighted by Gasteiger charge is -2.40. The number of hydrogen-bond donors (Lipinski definition) is 3. The summed E-state index contributed by atoms with van der Waals surface area (Å²) in [5, 5.41) is 13.6. The molecule has 1 aliphatic carbocycles. The number of anilines is 3. The van der Waals surface area contributed by atoms with Crippen LogP contribution in [-0.4, -0.2) is 63.4 Å². The van der Waals surface area contributed by atoms with Gasteiger partial charge in [0.15, 0.2) is 17.3 Å². The van der Waals surface area contributed by atoms with Crippen LogP contribution in [-0.2, 0) is 11.0 Å². The van der Waals surface area contributed by atoms with Crippen LogP contribution in [0.1, 0.15) is 105 Å². The Hall–Kier alpha value is -3.82. The summed E-state index contributed by atoms with van der Waals surface area (Å²) >= 11 is 0. The van der Waals surface area contributed by atoms with Crippen molar-refractivity contribution in [2.75, 3.05) is 29.9 Å². The second kappa shape index (κ2) is 12.8. The predicted molar refractivity (Wildman–Crippen MR) is 182 cm³/mol. The summed E-state index contributed by atoms with van der Waals surface area (Å²) < 4.78 is 0. The van der Waals surface area contributed by atoms with Crippen molar-refractivity contribution < 1.29 is 14.7 Å². The number of aliphatic hydroxyl groups is 1. The second-order valence-electron chi connectivity index (χ2n) is 14.4. The SMILES string of the molecule is C[C@@H]1[C@H](CC(=O)c2ccc(C(C)(C)O)cc2)CCCN1c1cnc(C(N)=O)c(Nc2ccc(C3(C)CCN(C4CC4)CC3)cc2)n1. The van der Waals surface area contributed by atoms with E-state index in [0.717, 1.165) is 62.6 Å². The minimum absolute atomic E-state index is 0.0429. The van der Waals surface area contributed by atoms with Gasteiger partial charge in [-0.05, 0) is 107 Å². The molecule has 9 nitrogen and oxygen atoms in total. The lowest BCUT2D eigenvalue weighted by Crippen LogP contribution is -2.44. The first kappa shape index (κ1) is 32.1. The Morgan fingerprint density at radius 3 is 2.30 bits per heavy atom. The van der Waals surface area contributed by atoms with Gasteiger partial charge >= 0.3 is 0 Å². The van der Waals surface area contributed by atoms with E-state index in [1.165, 1.54) is 18.4 Å². The fourth-order valence-electron chi connectivity index (χ4n) is 7.23. The molecule has 4 N–H and O–H groups in total. The van der Waals surface area contributed by atoms with Crippen molar-refractivity contribution in [3.8, 4) is 0 Å². The molecule has 2 atom stereocenters. The monoisotopic (exact) mass is 624 g/mol. The standard InChI is InChI=1S/C37H48N6O3/c1-24-26(22-31(44)25-7-9-27(10-8-25)36(2,3)46)6-5-19-43(24)32-23-39-33(34(38)45)35(41-32)40-29-13-11-28(12-14-29)37(4)17-20-42(21-18-37)30-15-16-30/h7-14,23-24,26,30,46H,5-6,15-22H2,1-4H3,(H2,38,45)(H,40,41)/t24-,26+/m1/s1. The highest BCUT2D eigenvalue weighted by molar-refractivity contribution is 5.97. The minimum Gasteiger partial charge on any atom is -0.386 e. The molecular formula is C37H48N6O3. The number of primary amides is 1. The topological polar surface area (TPSA) is 125 Å². The van der Waals surface area contributed by atoms with E-state index in [1.54, 1.807) is 32.2 Å². The van der Waals surface area contributed by atoms with Gasteiger partial charge in [0.25, 0.3) is 5.91 Å². The molecule has 0 radical (unpaired) electrons. The molecule has 3 heterocycles. The van der Waals surface area contributed by atoms with Gasteiger partial charge in [-0.25, -0.2) is 9.97 Å². The first-order valence-corrected chi connectivity index (χ1v) is 16.8. The number of hydrogen-bond acceptors (Lipinski definition) is 8. The zero-order valence-corrected chi connectivity index (χ0v) is 27.6. The summed E-state index contributed by atoms with van der Waals surface area (Å²) in [7, 11) is 0. The van der Waals surface area contributed by atoms with Crippen molar-refractivity contribution >= 4 is 29.0 Å². The number of ketones is 1. The van der Waals surface area contributed by atoms with E-state index in [0.29, 0.717) is 23.6 Å². The molecule has 1 aromatic heterocycles. The summed E-state index contributed by atoms with van der Waals surface area (Å²) in [4.78, 5) is 39.7. The summed E-state index contributed by atoms with van der Waals surface area (Å²) in [5.41, 5.74) is 8.60. The highest BCUT2D eigenvalue weighted by Crippen LogP contribution is 2.39. The van der Waals surface area contributed by atoms with Crippen LogP contribution in [0.4, 0.5) is 17.3 Å². The van der Waals surface area contributed by atoms with Crippen LogP contribution in [0.3, 0.4) is 0 Å². The van der Waals surface area contributed by atoms with Gasteiger partial charge in [-0.1, -0.05) is 43.3 Å². The molecule has 2 aromatic carbocycles. The van der Waals surface area contributed by atoms with Crippen molar-refractivity contribution in [2.24, 2.45) is 11.7 Å². The molecule has 3 aromatic rings. The van der Waals surface area contributed by atoms with E-state index in [-0.39, 0.29) is 28.9 Å². The maximum absolute atomic E-state index is 13.3. The molecule has 46 heavy (non-hydrogen) atoms. The second-order valence-corrected chi connectivity index (χ2v) is 14.4. The molecule has 1 amide bonds. The van der Waals surface area contributed by atoms with E-state index in [2.05, 4.69) is 46.1 Å². The number of piperidine rings is 2. The summed E-state index contributed by atoms with van der Waals surface area (Å²) in [6.45, 7) is 11.1. The molecule has 6 rings (SSSR count). The van der Waals surface area contributed by atoms with Crippen LogP contribution in [0, 0.1) is 5.92 Å². The highest BCUT2D eigenvalue weighted by atomic mass is 16.3. The first-order valence-electron chi connectivity index (χ1n) is 16.8. The number of carbonyl (C=O) groups excluding carboxylic acids is 2. The zero-order valence-electron chi connectivity index (χ0n) is 27.6. The van der Waals surface area contributed by atoms with Crippen molar-refractivity contribution in [2.45, 2.75) is 95.7 Å². The fraction of sp³-hybridized carbons (Fsp3) is 0.514. The molecule has 0 unspecified atom stereocenters. The largest absolute Gasteiger partial charge is 0.386 e. The molecular weight excluding hydrogens is 576 g/mol. The van der Waals surface area contributed by atoms with E-state index < -0.39 is 11.5 Å². The third-order valence-corrected chi connectivity index (χ3v) is 10.6. The molecule has 3 aliphatic rings. The molecule has 1 saturated carbocycles. The number of aromatic nitrogens is 2. The van der Waals surface area contributed by atoms with Crippen LogP contribution in [0.15, 0.2) is 54.7 Å². The van der Waals surface area contributed by atoms with Crippen LogP contribution in [0.25, 0.3) is 0 Å². The predicted octanol–water partition coefficient (Wildman–Crippen LogP) is 5.94. The van der Waals surface area contributed by atoms with Gasteiger partial charge in [0.2, 0.25) is 0 Å². The molecule has 3 fully saturated rings. The summed E-state index contributed by atoms with van der Waals surface area (Å²) in [6, 6.07) is 16.6. The minimum atomic E-state index is -0.951. The Morgan fingerprint density at radius 2 is 1.70 bits per heavy atom. The first-order chi connectivity index (χ1) is 21.9. The highest BCUT2D eigenvalue weighted by Gasteiger charge is 2.37. The van der Waals surface area contributed by atoms with Gasteiger partial charge < -0.3 is 26.0 Å². The number of benzene rings is 2. The lowest BCUT2D eigenvalue weighted by molar-refractivity contribution is 0.0784. The summed E-state index contributed by atoms with van der Waals surface area (Å²) in [5.74, 6) is 0.565. The van der Waals surface area contributed by atoms with E-state index in [4.69, 9.17) is 10.7 Å². The Balaban J connectivity index is 1.14. The van der Waals surface area contributed by atoms with Crippen LogP contribution >= 0.6 is 0 Å². The van der Waals surface area contributed by atoms with E-state index >= 15 is 0 Å². The number of nitrogens with zero attached hydrogens (tertiary/aromatic N) is 4. The number of amides is 1. The number of nitrogens with one attached hydrogen (secondary N) is 1. The number of likely N-dealkylation sites (tertiary alicyclic amines) is 1. The van der Waals surface area contributed by atoms with E-state index in [1.807, 2.05) is 24.3 Å². The fourth-order valence-corrected chi connectivity index (χ4v) is 7.23. The van der Waals surface area contributed by atoms with Gasteiger partial charge in [-0.15, -0.1) is 0 Å².